The molecule has 2 unspecified atom stereocenters. The Labute approximate surface area is 247 Å². The van der Waals surface area contributed by atoms with E-state index in [1.54, 1.807) is 0 Å². The number of anilines is 3. The van der Waals surface area contributed by atoms with Gasteiger partial charge in [-0.1, -0.05) is 54.6 Å². The zero-order chi connectivity index (χ0) is 27.8. The third kappa shape index (κ3) is 1.99. The van der Waals surface area contributed by atoms with Crippen LogP contribution in [-0.2, 0) is 5.54 Å². The van der Waals surface area contributed by atoms with Crippen LogP contribution in [0.1, 0.15) is 11.1 Å². The van der Waals surface area contributed by atoms with Crippen molar-refractivity contribution in [2.24, 2.45) is 0 Å². The van der Waals surface area contributed by atoms with Gasteiger partial charge in [-0.3, -0.25) is 0 Å². The Morgan fingerprint density at radius 3 is 2.21 bits per heavy atom. The lowest BCUT2D eigenvalue weighted by Crippen LogP contribution is -2.70. The molecule has 43 heavy (non-hydrogen) atoms. The molecule has 5 nitrogen and oxygen atoms in total. The lowest BCUT2D eigenvalue weighted by molar-refractivity contribution is -0.740. The predicted molar refractivity (Wildman–Crippen MR) is 169 cm³/mol. The highest BCUT2D eigenvalue weighted by Crippen LogP contribution is 2.66. The normalized spacial score (nSPS) is 20.2. The van der Waals surface area contributed by atoms with E-state index >= 15 is 0 Å². The van der Waals surface area contributed by atoms with Crippen LogP contribution in [0, 0.1) is 0 Å². The van der Waals surface area contributed by atoms with Crippen LogP contribution in [0.2, 0.25) is 0 Å². The fourth-order valence-electron chi connectivity index (χ4n) is 9.38. The Bertz CT molecular complexity index is 2490. The summed E-state index contributed by atoms with van der Waals surface area (Å²) in [7, 11) is 2.26. The van der Waals surface area contributed by atoms with Gasteiger partial charge in [0.25, 0.3) is 5.82 Å². The third-order valence-electron chi connectivity index (χ3n) is 10.7. The molecule has 0 fully saturated rings. The van der Waals surface area contributed by atoms with Gasteiger partial charge in [-0.25, -0.2) is 4.57 Å². The molecule has 2 aromatic heterocycles. The number of hydrogen-bond donors (Lipinski definition) is 0. The van der Waals surface area contributed by atoms with Crippen molar-refractivity contribution in [1.82, 2.24) is 4.57 Å². The maximum absolute atomic E-state index is 6.90. The number of hydrogen-bond acceptors (Lipinski definition) is 3. The summed E-state index contributed by atoms with van der Waals surface area (Å²) in [5.41, 5.74) is 13.2. The van der Waals surface area contributed by atoms with E-state index in [1.807, 2.05) is 0 Å². The fraction of sp³-hybridized carbons (Fsp3) is 0.0789. The van der Waals surface area contributed by atoms with E-state index in [0.29, 0.717) is 0 Å². The van der Waals surface area contributed by atoms with Gasteiger partial charge in [0.05, 0.1) is 39.9 Å². The maximum atomic E-state index is 6.90. The first-order chi connectivity index (χ1) is 21.3. The van der Waals surface area contributed by atoms with Crippen LogP contribution >= 0.6 is 0 Å². The molecule has 7 heterocycles. The predicted octanol–water partition coefficient (Wildman–Crippen LogP) is 7.86. The smallest absolute Gasteiger partial charge is 0.296 e. The van der Waals surface area contributed by atoms with Crippen LogP contribution < -0.4 is 19.1 Å². The molecule has 5 heteroatoms. The molecule has 5 aromatic carbocycles. The molecule has 0 amide bonds. The largest absolute Gasteiger partial charge is 0.456 e. The van der Waals surface area contributed by atoms with Crippen LogP contribution in [0.3, 0.4) is 0 Å². The summed E-state index contributed by atoms with van der Waals surface area (Å²) < 4.78 is 12.1. The van der Waals surface area contributed by atoms with Gasteiger partial charge < -0.3 is 14.5 Å². The summed E-state index contributed by atoms with van der Waals surface area (Å²) in [6, 6.07) is 40.2. The molecule has 5 aliphatic heterocycles. The number of ether oxygens (including phenoxy) is 1. The minimum atomic E-state index is -0.554. The third-order valence-corrected chi connectivity index (χ3v) is 10.7. The Hall–Kier alpha value is -5.55. The molecule has 0 aliphatic carbocycles. The molecule has 5 aliphatic rings. The number of rotatable bonds is 0. The van der Waals surface area contributed by atoms with Crippen molar-refractivity contribution in [1.29, 1.82) is 0 Å². The quantitative estimate of drug-likeness (QED) is 0.179. The van der Waals surface area contributed by atoms with Crippen LogP contribution in [0.25, 0.3) is 49.9 Å². The SMILES string of the molecule is CN1c2ccccc2N2c3cccc4c3C3(c5c(ccc6c7cccc8c7n(c56)-c5c(ccc[n+]53)-c3ccccc3-8)O4)C12. The summed E-state index contributed by atoms with van der Waals surface area (Å²) in [4.78, 5) is 5.06. The van der Waals surface area contributed by atoms with E-state index in [-0.39, 0.29) is 6.17 Å². The summed E-state index contributed by atoms with van der Waals surface area (Å²) >= 11 is 0. The van der Waals surface area contributed by atoms with E-state index in [9.17, 15) is 0 Å². The Morgan fingerprint density at radius 2 is 1.30 bits per heavy atom. The van der Waals surface area contributed by atoms with Crippen molar-refractivity contribution >= 4 is 38.9 Å². The van der Waals surface area contributed by atoms with Crippen LogP contribution in [0.15, 0.2) is 115 Å². The van der Waals surface area contributed by atoms with Gasteiger partial charge in [0.15, 0.2) is 11.7 Å². The Kier molecular flexibility index (Phi) is 3.24. The van der Waals surface area contributed by atoms with Gasteiger partial charge in [0, 0.05) is 23.4 Å². The van der Waals surface area contributed by atoms with Crippen molar-refractivity contribution in [3.8, 4) is 39.6 Å². The molecule has 1 spiro atoms. The molecular weight excluding hydrogens is 528 g/mol. The molecule has 12 rings (SSSR count). The Balaban J connectivity index is 1.39. The minimum absolute atomic E-state index is 0.0180. The number of likely N-dealkylation sites (N-methyl/N-ethyl adjacent to an activating group) is 1. The molecule has 2 atom stereocenters. The lowest BCUT2D eigenvalue weighted by atomic mass is 9.76. The summed E-state index contributed by atoms with van der Waals surface area (Å²) in [5, 5.41) is 2.55. The van der Waals surface area contributed by atoms with Crippen LogP contribution in [0.5, 0.6) is 11.5 Å². The summed E-state index contributed by atoms with van der Waals surface area (Å²) in [5.74, 6) is 3.10. The molecular formula is C38H23N4O+. The van der Waals surface area contributed by atoms with Crippen molar-refractivity contribution < 1.29 is 9.30 Å². The second kappa shape index (κ2) is 6.58. The average Bonchev–Trinajstić information content (AvgIpc) is 3.63. The summed E-state index contributed by atoms with van der Waals surface area (Å²) in [6.45, 7) is 0. The van der Waals surface area contributed by atoms with Gasteiger partial charge in [-0.2, -0.15) is 4.57 Å². The van der Waals surface area contributed by atoms with Crippen LogP contribution in [0.4, 0.5) is 17.1 Å². The second-order valence-electron chi connectivity index (χ2n) is 12.4. The molecule has 0 radical (unpaired) electrons. The van der Waals surface area contributed by atoms with Crippen molar-refractivity contribution in [3.05, 3.63) is 127 Å². The molecule has 0 saturated carbocycles. The number of para-hydroxylation sites is 3. The highest BCUT2D eigenvalue weighted by atomic mass is 16.5. The first-order valence-corrected chi connectivity index (χ1v) is 15.0. The monoisotopic (exact) mass is 551 g/mol. The highest BCUT2D eigenvalue weighted by molar-refractivity contribution is 6.18. The fourth-order valence-corrected chi connectivity index (χ4v) is 9.38. The number of nitrogens with zero attached hydrogens (tertiary/aromatic N) is 4. The molecule has 200 valence electrons. The first kappa shape index (κ1) is 21.2. The number of pyridine rings is 1. The first-order valence-electron chi connectivity index (χ1n) is 15.0. The molecule has 0 saturated heterocycles. The lowest BCUT2D eigenvalue weighted by Gasteiger charge is -2.43. The average molecular weight is 552 g/mol. The topological polar surface area (TPSA) is 24.5 Å². The number of benzene rings is 5. The van der Waals surface area contributed by atoms with Gasteiger partial charge in [-0.15, -0.1) is 0 Å². The van der Waals surface area contributed by atoms with E-state index in [2.05, 4.69) is 141 Å². The van der Waals surface area contributed by atoms with E-state index in [4.69, 9.17) is 4.74 Å². The Morgan fingerprint density at radius 1 is 0.605 bits per heavy atom. The van der Waals surface area contributed by atoms with Gasteiger partial charge in [0.1, 0.15) is 17.0 Å². The minimum Gasteiger partial charge on any atom is -0.456 e. The van der Waals surface area contributed by atoms with Crippen molar-refractivity contribution in [2.75, 3.05) is 16.8 Å². The van der Waals surface area contributed by atoms with E-state index in [0.717, 1.165) is 11.5 Å². The zero-order valence-electron chi connectivity index (χ0n) is 23.2. The van der Waals surface area contributed by atoms with Crippen molar-refractivity contribution in [2.45, 2.75) is 11.7 Å². The molecule has 0 bridgehead atoms. The van der Waals surface area contributed by atoms with Gasteiger partial charge in [-0.05, 0) is 65.7 Å². The van der Waals surface area contributed by atoms with Crippen molar-refractivity contribution in [3.63, 3.8) is 0 Å². The molecule has 0 N–H and O–H groups in total. The van der Waals surface area contributed by atoms with E-state index < -0.39 is 5.54 Å². The standard InChI is InChI=1S/C38H23N4O/c1-39-27-14-4-5-15-28(27)41-29-16-7-17-30-32(29)38(37(39)41)33-31(43-30)19-18-25-24-12-6-11-23-21-9-2-3-10-22(21)26-13-8-20-40(38)36(26)42(34(23)24)35(25)33/h2-20,37H,1H3/q+1. The number of aromatic nitrogens is 2. The van der Waals surface area contributed by atoms with Crippen LogP contribution in [-0.4, -0.2) is 17.8 Å². The van der Waals surface area contributed by atoms with Gasteiger partial charge >= 0.3 is 0 Å². The second-order valence-corrected chi connectivity index (χ2v) is 12.4. The highest BCUT2D eigenvalue weighted by Gasteiger charge is 2.69. The van der Waals surface area contributed by atoms with E-state index in [1.165, 1.54) is 78.1 Å². The van der Waals surface area contributed by atoms with Gasteiger partial charge in [0.2, 0.25) is 5.54 Å². The number of fused-ring (bicyclic) bond motifs is 8. The molecule has 7 aromatic rings. The summed E-state index contributed by atoms with van der Waals surface area (Å²) in [6.07, 6.45) is 2.30. The maximum Gasteiger partial charge on any atom is 0.296 e. The zero-order valence-corrected chi connectivity index (χ0v) is 23.2.